The summed E-state index contributed by atoms with van der Waals surface area (Å²) in [4.78, 5) is 13.8. The highest BCUT2D eigenvalue weighted by atomic mass is 16.3. The lowest BCUT2D eigenvalue weighted by molar-refractivity contribution is -0.133. The SMILES string of the molecule is CC(c1ccccc1O)N(C)C(=O)CC(C)(C)C. The van der Waals surface area contributed by atoms with E-state index in [1.807, 2.05) is 39.8 Å². The Hall–Kier alpha value is -1.51. The zero-order chi connectivity index (χ0) is 13.9. The van der Waals surface area contributed by atoms with Crippen LogP contribution < -0.4 is 0 Å². The van der Waals surface area contributed by atoms with Crippen molar-refractivity contribution in [1.82, 2.24) is 4.90 Å². The van der Waals surface area contributed by atoms with E-state index in [0.29, 0.717) is 6.42 Å². The average molecular weight is 249 g/mol. The van der Waals surface area contributed by atoms with Crippen LogP contribution in [-0.2, 0) is 4.79 Å². The standard InChI is InChI=1S/C15H23NO2/c1-11(12-8-6-7-9-13(12)17)16(5)14(18)10-15(2,3)4/h6-9,11,17H,10H2,1-5H3. The highest BCUT2D eigenvalue weighted by molar-refractivity contribution is 5.77. The molecule has 1 rings (SSSR count). The number of rotatable bonds is 3. The third-order valence-electron chi connectivity index (χ3n) is 3.04. The summed E-state index contributed by atoms with van der Waals surface area (Å²) in [6, 6.07) is 7.02. The van der Waals surface area contributed by atoms with Crippen molar-refractivity contribution in [1.29, 1.82) is 0 Å². The quantitative estimate of drug-likeness (QED) is 0.892. The molecule has 18 heavy (non-hydrogen) atoms. The first-order valence-electron chi connectivity index (χ1n) is 6.26. The Morgan fingerprint density at radius 3 is 2.39 bits per heavy atom. The van der Waals surface area contributed by atoms with Crippen LogP contribution in [0, 0.1) is 5.41 Å². The first-order chi connectivity index (χ1) is 8.22. The van der Waals surface area contributed by atoms with Crippen molar-refractivity contribution < 1.29 is 9.90 Å². The molecule has 1 aromatic carbocycles. The summed E-state index contributed by atoms with van der Waals surface area (Å²) < 4.78 is 0. The number of hydrogen-bond donors (Lipinski definition) is 1. The molecule has 0 fully saturated rings. The molecule has 0 bridgehead atoms. The Balaban J connectivity index is 2.82. The molecule has 0 heterocycles. The maximum Gasteiger partial charge on any atom is 0.223 e. The highest BCUT2D eigenvalue weighted by Gasteiger charge is 2.23. The van der Waals surface area contributed by atoms with Crippen molar-refractivity contribution in [2.75, 3.05) is 7.05 Å². The normalized spacial score (nSPS) is 13.2. The number of phenolic OH excluding ortho intramolecular Hbond substituents is 1. The van der Waals surface area contributed by atoms with Crippen LogP contribution in [0.25, 0.3) is 0 Å². The number of phenols is 1. The Bertz CT molecular complexity index is 421. The summed E-state index contributed by atoms with van der Waals surface area (Å²) in [6.07, 6.45) is 0.501. The number of aromatic hydroxyl groups is 1. The molecule has 0 radical (unpaired) electrons. The number of hydrogen-bond acceptors (Lipinski definition) is 2. The lowest BCUT2D eigenvalue weighted by atomic mass is 9.91. The van der Waals surface area contributed by atoms with E-state index in [-0.39, 0.29) is 23.1 Å². The highest BCUT2D eigenvalue weighted by Crippen LogP contribution is 2.29. The van der Waals surface area contributed by atoms with Crippen LogP contribution >= 0.6 is 0 Å². The molecule has 0 spiro atoms. The van der Waals surface area contributed by atoms with Crippen LogP contribution in [-0.4, -0.2) is 23.0 Å². The van der Waals surface area contributed by atoms with Crippen LogP contribution in [0.2, 0.25) is 0 Å². The summed E-state index contributed by atoms with van der Waals surface area (Å²) in [5.41, 5.74) is 0.756. The Morgan fingerprint density at radius 2 is 1.89 bits per heavy atom. The summed E-state index contributed by atoms with van der Waals surface area (Å²) in [5, 5.41) is 9.81. The average Bonchev–Trinajstić information content (AvgIpc) is 2.25. The molecule has 0 aromatic heterocycles. The van der Waals surface area contributed by atoms with Crippen molar-refractivity contribution in [3.8, 4) is 5.75 Å². The van der Waals surface area contributed by atoms with Gasteiger partial charge < -0.3 is 10.0 Å². The predicted molar refractivity (Wildman–Crippen MR) is 73.4 cm³/mol. The lowest BCUT2D eigenvalue weighted by Crippen LogP contribution is -2.32. The van der Waals surface area contributed by atoms with Gasteiger partial charge in [-0.05, 0) is 18.4 Å². The molecule has 100 valence electrons. The van der Waals surface area contributed by atoms with Crippen molar-refractivity contribution in [2.24, 2.45) is 5.41 Å². The fourth-order valence-electron chi connectivity index (χ4n) is 1.84. The van der Waals surface area contributed by atoms with Gasteiger partial charge in [-0.25, -0.2) is 0 Å². The van der Waals surface area contributed by atoms with Crippen molar-refractivity contribution >= 4 is 5.91 Å². The Kier molecular flexibility index (Phi) is 4.38. The smallest absolute Gasteiger partial charge is 0.223 e. The van der Waals surface area contributed by atoms with Crippen molar-refractivity contribution in [2.45, 2.75) is 40.2 Å². The number of benzene rings is 1. The third kappa shape index (κ3) is 3.76. The second-order valence-electron chi connectivity index (χ2n) is 5.98. The molecule has 3 nitrogen and oxygen atoms in total. The molecule has 0 saturated heterocycles. The van der Waals surface area contributed by atoms with Crippen molar-refractivity contribution in [3.05, 3.63) is 29.8 Å². The van der Waals surface area contributed by atoms with Crippen LogP contribution in [0.15, 0.2) is 24.3 Å². The number of carbonyl (C=O) groups excluding carboxylic acids is 1. The second-order valence-corrected chi connectivity index (χ2v) is 5.98. The minimum absolute atomic E-state index is 0.0240. The minimum Gasteiger partial charge on any atom is -0.508 e. The number of nitrogens with zero attached hydrogens (tertiary/aromatic N) is 1. The van der Waals surface area contributed by atoms with Gasteiger partial charge in [0.2, 0.25) is 5.91 Å². The molecule has 1 aromatic rings. The van der Waals surface area contributed by atoms with Gasteiger partial charge in [0.25, 0.3) is 0 Å². The topological polar surface area (TPSA) is 40.5 Å². The number of para-hydroxylation sites is 1. The van der Waals surface area contributed by atoms with E-state index >= 15 is 0 Å². The van der Waals surface area contributed by atoms with Crippen molar-refractivity contribution in [3.63, 3.8) is 0 Å². The molecule has 0 aliphatic carbocycles. The first-order valence-corrected chi connectivity index (χ1v) is 6.26. The van der Waals surface area contributed by atoms with E-state index in [1.165, 1.54) is 0 Å². The van der Waals surface area contributed by atoms with E-state index in [1.54, 1.807) is 24.1 Å². The van der Waals surface area contributed by atoms with E-state index in [2.05, 4.69) is 0 Å². The molecule has 0 saturated carbocycles. The lowest BCUT2D eigenvalue weighted by Gasteiger charge is -2.29. The van der Waals surface area contributed by atoms with Gasteiger partial charge in [-0.15, -0.1) is 0 Å². The van der Waals surface area contributed by atoms with E-state index in [0.717, 1.165) is 5.56 Å². The van der Waals surface area contributed by atoms with Gasteiger partial charge in [0.05, 0.1) is 6.04 Å². The van der Waals surface area contributed by atoms with Gasteiger partial charge in [-0.3, -0.25) is 4.79 Å². The monoisotopic (exact) mass is 249 g/mol. The summed E-state index contributed by atoms with van der Waals surface area (Å²) in [5.74, 6) is 0.332. The van der Waals surface area contributed by atoms with Gasteiger partial charge >= 0.3 is 0 Å². The summed E-state index contributed by atoms with van der Waals surface area (Å²) >= 11 is 0. The van der Waals surface area contributed by atoms with E-state index in [9.17, 15) is 9.90 Å². The van der Waals surface area contributed by atoms with Crippen LogP contribution in [0.1, 0.15) is 45.7 Å². The maximum absolute atomic E-state index is 12.1. The van der Waals surface area contributed by atoms with E-state index < -0.39 is 0 Å². The fourth-order valence-corrected chi connectivity index (χ4v) is 1.84. The van der Waals surface area contributed by atoms with Crippen LogP contribution in [0.3, 0.4) is 0 Å². The van der Waals surface area contributed by atoms with Crippen LogP contribution in [0.4, 0.5) is 0 Å². The molecule has 0 aliphatic rings. The first kappa shape index (κ1) is 14.6. The number of amides is 1. The van der Waals surface area contributed by atoms with Crippen LogP contribution in [0.5, 0.6) is 5.75 Å². The zero-order valence-electron chi connectivity index (χ0n) is 11.9. The van der Waals surface area contributed by atoms with Gasteiger partial charge in [0.1, 0.15) is 5.75 Å². The molecule has 0 aliphatic heterocycles. The van der Waals surface area contributed by atoms with E-state index in [4.69, 9.17) is 0 Å². The fraction of sp³-hybridized carbons (Fsp3) is 0.533. The van der Waals surface area contributed by atoms with Gasteiger partial charge in [0.15, 0.2) is 0 Å². The molecule has 1 unspecified atom stereocenters. The minimum atomic E-state index is -0.124. The molecule has 1 atom stereocenters. The molecular weight excluding hydrogens is 226 g/mol. The molecule has 3 heteroatoms. The molecule has 1 N–H and O–H groups in total. The maximum atomic E-state index is 12.1. The Morgan fingerprint density at radius 1 is 1.33 bits per heavy atom. The zero-order valence-corrected chi connectivity index (χ0v) is 11.9. The second kappa shape index (κ2) is 5.42. The third-order valence-corrected chi connectivity index (χ3v) is 3.04. The molecular formula is C15H23NO2. The Labute approximate surface area is 109 Å². The summed E-state index contributed by atoms with van der Waals surface area (Å²) in [6.45, 7) is 8.06. The summed E-state index contributed by atoms with van der Waals surface area (Å²) in [7, 11) is 1.78. The number of carbonyl (C=O) groups is 1. The predicted octanol–water partition coefficient (Wildman–Crippen LogP) is 3.35. The molecule has 1 amide bonds. The van der Waals surface area contributed by atoms with Gasteiger partial charge in [-0.1, -0.05) is 39.0 Å². The van der Waals surface area contributed by atoms with Gasteiger partial charge in [0, 0.05) is 19.0 Å². The largest absolute Gasteiger partial charge is 0.508 e. The van der Waals surface area contributed by atoms with Gasteiger partial charge in [-0.2, -0.15) is 0 Å².